The fourth-order valence-corrected chi connectivity index (χ4v) is 3.16. The van der Waals surface area contributed by atoms with Gasteiger partial charge in [0.05, 0.1) is 0 Å². The van der Waals surface area contributed by atoms with Gasteiger partial charge in [-0.2, -0.15) is 0 Å². The number of likely N-dealkylation sites (tertiary alicyclic amines) is 1. The summed E-state index contributed by atoms with van der Waals surface area (Å²) in [6.07, 6.45) is 0.844. The maximum atomic E-state index is 12.7. The first-order valence-corrected chi connectivity index (χ1v) is 8.77. The molecule has 4 nitrogen and oxygen atoms in total. The van der Waals surface area contributed by atoms with Crippen LogP contribution >= 0.6 is 12.4 Å². The summed E-state index contributed by atoms with van der Waals surface area (Å²) in [5, 5.41) is 0. The second-order valence-corrected chi connectivity index (χ2v) is 7.41. The van der Waals surface area contributed by atoms with E-state index < -0.39 is 0 Å². The Morgan fingerprint density at radius 1 is 1.15 bits per heavy atom. The van der Waals surface area contributed by atoms with Crippen LogP contribution in [0.25, 0.3) is 0 Å². The van der Waals surface area contributed by atoms with Crippen molar-refractivity contribution in [1.29, 1.82) is 0 Å². The van der Waals surface area contributed by atoms with Gasteiger partial charge in [-0.3, -0.25) is 4.79 Å². The molecule has 0 aliphatic carbocycles. The van der Waals surface area contributed by atoms with Crippen molar-refractivity contribution in [2.45, 2.75) is 32.9 Å². The summed E-state index contributed by atoms with van der Waals surface area (Å²) in [5.41, 5.74) is 7.92. The number of benzene rings is 2. The van der Waals surface area contributed by atoms with Crippen LogP contribution in [0.3, 0.4) is 0 Å². The molecule has 2 aromatic carbocycles. The summed E-state index contributed by atoms with van der Waals surface area (Å²) in [6, 6.07) is 17.6. The fourth-order valence-electron chi connectivity index (χ4n) is 3.16. The Morgan fingerprint density at radius 3 is 2.42 bits per heavy atom. The molecule has 0 radical (unpaired) electrons. The molecule has 140 valence electrons. The number of carbonyl (C=O) groups excluding carboxylic acids is 1. The molecule has 0 saturated carbocycles. The third-order valence-corrected chi connectivity index (χ3v) is 4.95. The standard InChI is InChI=1S/C21H26N2O2.ClH/c1-21(2)15-23(13-12-19(21)22)20(24)17-8-10-18(11-9-17)25-14-16-6-4-3-5-7-16;/h3-11,19H,12-15,22H2,1-2H3;1H. The highest BCUT2D eigenvalue weighted by molar-refractivity contribution is 5.94. The Hall–Kier alpha value is -2.04. The second-order valence-electron chi connectivity index (χ2n) is 7.41. The lowest BCUT2D eigenvalue weighted by molar-refractivity contribution is 0.0533. The summed E-state index contributed by atoms with van der Waals surface area (Å²) in [5.74, 6) is 0.830. The average molecular weight is 375 g/mol. The Morgan fingerprint density at radius 2 is 1.81 bits per heavy atom. The molecule has 1 fully saturated rings. The smallest absolute Gasteiger partial charge is 0.253 e. The second kappa shape index (κ2) is 8.56. The predicted octanol–water partition coefficient (Wildman–Crippen LogP) is 3.89. The number of carbonyl (C=O) groups is 1. The van der Waals surface area contributed by atoms with Crippen LogP contribution in [0.1, 0.15) is 36.2 Å². The largest absolute Gasteiger partial charge is 0.489 e. The molecule has 1 aliphatic rings. The number of rotatable bonds is 4. The number of piperidine rings is 1. The number of nitrogens with two attached hydrogens (primary N) is 1. The molecule has 1 unspecified atom stereocenters. The molecule has 1 heterocycles. The first-order chi connectivity index (χ1) is 12.0. The molecule has 2 N–H and O–H groups in total. The number of ether oxygens (including phenoxy) is 1. The van der Waals surface area contributed by atoms with E-state index in [0.29, 0.717) is 18.7 Å². The van der Waals surface area contributed by atoms with Gasteiger partial charge >= 0.3 is 0 Å². The van der Waals surface area contributed by atoms with Crippen LogP contribution in [0.2, 0.25) is 0 Å². The molecule has 1 aliphatic heterocycles. The van der Waals surface area contributed by atoms with Crippen LogP contribution in [-0.2, 0) is 6.61 Å². The van der Waals surface area contributed by atoms with Crippen LogP contribution < -0.4 is 10.5 Å². The summed E-state index contributed by atoms with van der Waals surface area (Å²) in [7, 11) is 0. The van der Waals surface area contributed by atoms with Gasteiger partial charge in [0.2, 0.25) is 0 Å². The minimum atomic E-state index is -0.0490. The van der Waals surface area contributed by atoms with E-state index in [1.54, 1.807) is 0 Å². The van der Waals surface area contributed by atoms with E-state index in [4.69, 9.17) is 10.5 Å². The van der Waals surface area contributed by atoms with E-state index in [1.807, 2.05) is 59.5 Å². The highest BCUT2D eigenvalue weighted by atomic mass is 35.5. The highest BCUT2D eigenvalue weighted by Gasteiger charge is 2.35. The van der Waals surface area contributed by atoms with Gasteiger partial charge in [0.25, 0.3) is 5.91 Å². The number of hydrogen-bond acceptors (Lipinski definition) is 3. The quantitative estimate of drug-likeness (QED) is 0.883. The van der Waals surface area contributed by atoms with E-state index in [9.17, 15) is 4.79 Å². The molecule has 5 heteroatoms. The van der Waals surface area contributed by atoms with E-state index in [-0.39, 0.29) is 29.8 Å². The van der Waals surface area contributed by atoms with Gasteiger partial charge in [0.15, 0.2) is 0 Å². The minimum absolute atomic E-state index is 0. The number of halogens is 1. The van der Waals surface area contributed by atoms with Crippen LogP contribution in [0.5, 0.6) is 5.75 Å². The van der Waals surface area contributed by atoms with Crippen molar-refractivity contribution in [3.63, 3.8) is 0 Å². The Labute approximate surface area is 161 Å². The van der Waals surface area contributed by atoms with Gasteiger partial charge in [-0.25, -0.2) is 0 Å². The molecule has 1 saturated heterocycles. The summed E-state index contributed by atoms with van der Waals surface area (Å²) >= 11 is 0. The zero-order valence-corrected chi connectivity index (χ0v) is 16.2. The van der Waals surface area contributed by atoms with Gasteiger partial charge < -0.3 is 15.4 Å². The van der Waals surface area contributed by atoms with E-state index in [0.717, 1.165) is 24.3 Å². The topological polar surface area (TPSA) is 55.6 Å². The van der Waals surface area contributed by atoms with Crippen LogP contribution in [-0.4, -0.2) is 29.9 Å². The summed E-state index contributed by atoms with van der Waals surface area (Å²) < 4.78 is 5.78. The Kier molecular flexibility index (Phi) is 6.68. The lowest BCUT2D eigenvalue weighted by Crippen LogP contribution is -2.53. The molecule has 2 aromatic rings. The molecular formula is C21H27ClN2O2. The first kappa shape index (κ1) is 20.3. The van der Waals surface area contributed by atoms with Crippen LogP contribution in [0, 0.1) is 5.41 Å². The van der Waals surface area contributed by atoms with Crippen molar-refractivity contribution < 1.29 is 9.53 Å². The number of amides is 1. The van der Waals surface area contributed by atoms with Gasteiger partial charge in [-0.15, -0.1) is 12.4 Å². The zero-order valence-electron chi connectivity index (χ0n) is 15.4. The molecular weight excluding hydrogens is 348 g/mol. The van der Waals surface area contributed by atoms with Gasteiger partial charge in [-0.1, -0.05) is 44.2 Å². The average Bonchev–Trinajstić information content (AvgIpc) is 2.63. The summed E-state index contributed by atoms with van der Waals surface area (Å²) in [4.78, 5) is 14.6. The maximum Gasteiger partial charge on any atom is 0.253 e. The normalized spacial score (nSPS) is 18.7. The first-order valence-electron chi connectivity index (χ1n) is 8.77. The van der Waals surface area contributed by atoms with E-state index in [1.165, 1.54) is 0 Å². The SMILES string of the molecule is CC1(C)CN(C(=O)c2ccc(OCc3ccccc3)cc2)CCC1N.Cl. The van der Waals surface area contributed by atoms with E-state index in [2.05, 4.69) is 13.8 Å². The zero-order chi connectivity index (χ0) is 17.9. The van der Waals surface area contributed by atoms with Crippen molar-refractivity contribution in [3.05, 3.63) is 65.7 Å². The van der Waals surface area contributed by atoms with Gasteiger partial charge in [0.1, 0.15) is 12.4 Å². The van der Waals surface area contributed by atoms with E-state index >= 15 is 0 Å². The van der Waals surface area contributed by atoms with Gasteiger partial charge in [-0.05, 0) is 41.7 Å². The summed E-state index contributed by atoms with van der Waals surface area (Å²) in [6.45, 7) is 6.18. The van der Waals surface area contributed by atoms with Crippen molar-refractivity contribution >= 4 is 18.3 Å². The van der Waals surface area contributed by atoms with Crippen molar-refractivity contribution in [2.24, 2.45) is 11.1 Å². The Balaban J connectivity index is 0.00000243. The minimum Gasteiger partial charge on any atom is -0.489 e. The molecule has 0 spiro atoms. The monoisotopic (exact) mass is 374 g/mol. The highest BCUT2D eigenvalue weighted by Crippen LogP contribution is 2.28. The lowest BCUT2D eigenvalue weighted by Gasteiger charge is -2.42. The molecule has 1 amide bonds. The molecule has 1 atom stereocenters. The van der Waals surface area contributed by atoms with Crippen molar-refractivity contribution in [1.82, 2.24) is 4.90 Å². The Bertz CT molecular complexity index is 717. The third kappa shape index (κ3) is 4.77. The van der Waals surface area contributed by atoms with Crippen LogP contribution in [0.15, 0.2) is 54.6 Å². The third-order valence-electron chi connectivity index (χ3n) is 4.95. The predicted molar refractivity (Wildman–Crippen MR) is 107 cm³/mol. The van der Waals surface area contributed by atoms with Gasteiger partial charge in [0, 0.05) is 24.7 Å². The molecule has 0 bridgehead atoms. The lowest BCUT2D eigenvalue weighted by atomic mass is 9.79. The van der Waals surface area contributed by atoms with Crippen molar-refractivity contribution in [3.8, 4) is 5.75 Å². The number of hydrogen-bond donors (Lipinski definition) is 1. The molecule has 26 heavy (non-hydrogen) atoms. The van der Waals surface area contributed by atoms with Crippen molar-refractivity contribution in [2.75, 3.05) is 13.1 Å². The number of nitrogens with zero attached hydrogens (tertiary/aromatic N) is 1. The maximum absolute atomic E-state index is 12.7. The molecule has 0 aromatic heterocycles. The molecule has 3 rings (SSSR count). The fraction of sp³-hybridized carbons (Fsp3) is 0.381. The van der Waals surface area contributed by atoms with Crippen LogP contribution in [0.4, 0.5) is 0 Å².